The van der Waals surface area contributed by atoms with E-state index >= 15 is 0 Å². The Morgan fingerprint density at radius 1 is 1.00 bits per heavy atom. The van der Waals surface area contributed by atoms with Crippen LogP contribution in [0.3, 0.4) is 0 Å². The number of benzene rings is 1. The van der Waals surface area contributed by atoms with Crippen molar-refractivity contribution in [1.29, 1.82) is 0 Å². The van der Waals surface area contributed by atoms with Gasteiger partial charge in [0.25, 0.3) is 0 Å². The van der Waals surface area contributed by atoms with E-state index in [2.05, 4.69) is 4.98 Å². The van der Waals surface area contributed by atoms with Crippen LogP contribution in [0.4, 0.5) is 0 Å². The molecule has 21 heavy (non-hydrogen) atoms. The molecule has 0 aliphatic carbocycles. The second-order valence-corrected chi connectivity index (χ2v) is 5.78. The molecule has 3 aromatic rings. The number of aromatic nitrogens is 2. The van der Waals surface area contributed by atoms with Gasteiger partial charge in [-0.25, -0.2) is 13.2 Å². The minimum atomic E-state index is -1.26. The maximum Gasteiger partial charge on any atom is 0.158 e. The van der Waals surface area contributed by atoms with E-state index in [1.165, 1.54) is 0 Å². The lowest BCUT2D eigenvalue weighted by Gasteiger charge is -2.07. The summed E-state index contributed by atoms with van der Waals surface area (Å²) >= 11 is 0. The molecule has 0 aliphatic rings. The first-order valence-corrected chi connectivity index (χ1v) is 8.21. The molecule has 0 fully saturated rings. The zero-order chi connectivity index (χ0) is 15.4. The van der Waals surface area contributed by atoms with Gasteiger partial charge in [-0.2, -0.15) is 0 Å². The lowest BCUT2D eigenvalue weighted by Crippen LogP contribution is -2.07. The Balaban J connectivity index is 0.000000774. The van der Waals surface area contributed by atoms with Crippen LogP contribution in [0.15, 0.2) is 53.6 Å². The molecular weight excluding hydrogens is 280 g/mol. The van der Waals surface area contributed by atoms with E-state index in [1.807, 2.05) is 70.2 Å². The standard InChI is InChI=1S/C15H14N2OS.C2H6/c1-11-12(2)17(15-14(11)9-6-10-16-15)19(18)13-7-4-3-5-8-13;1-2/h3-10H,1-2H3;1-2H3. The fourth-order valence-electron chi connectivity index (χ4n) is 2.20. The molecule has 0 saturated heterocycles. The van der Waals surface area contributed by atoms with E-state index in [0.29, 0.717) is 0 Å². The second kappa shape index (κ2) is 6.68. The lowest BCUT2D eigenvalue weighted by molar-refractivity contribution is 0.677. The van der Waals surface area contributed by atoms with Crippen molar-refractivity contribution in [3.63, 3.8) is 0 Å². The van der Waals surface area contributed by atoms with E-state index in [0.717, 1.165) is 27.2 Å². The number of hydrogen-bond donors (Lipinski definition) is 0. The van der Waals surface area contributed by atoms with Crippen molar-refractivity contribution in [1.82, 2.24) is 8.96 Å². The minimum Gasteiger partial charge on any atom is -0.243 e. The van der Waals surface area contributed by atoms with Gasteiger partial charge in [0.15, 0.2) is 16.6 Å². The summed E-state index contributed by atoms with van der Waals surface area (Å²) in [4.78, 5) is 5.16. The molecule has 0 spiro atoms. The molecule has 3 rings (SSSR count). The molecule has 4 heteroatoms. The molecule has 1 aromatic carbocycles. The molecule has 0 amide bonds. The quantitative estimate of drug-likeness (QED) is 0.709. The Bertz CT molecular complexity index is 763. The van der Waals surface area contributed by atoms with Crippen LogP contribution in [0.5, 0.6) is 0 Å². The highest BCUT2D eigenvalue weighted by atomic mass is 32.2. The Labute approximate surface area is 128 Å². The molecule has 0 radical (unpaired) electrons. The Hall–Kier alpha value is -1.94. The molecule has 0 N–H and O–H groups in total. The lowest BCUT2D eigenvalue weighted by atomic mass is 10.2. The Morgan fingerprint density at radius 3 is 2.33 bits per heavy atom. The van der Waals surface area contributed by atoms with Crippen molar-refractivity contribution in [2.24, 2.45) is 0 Å². The number of nitrogens with zero attached hydrogens (tertiary/aromatic N) is 2. The number of aryl methyl sites for hydroxylation is 1. The summed E-state index contributed by atoms with van der Waals surface area (Å²) in [7, 11) is -1.26. The van der Waals surface area contributed by atoms with Crippen molar-refractivity contribution in [3.8, 4) is 0 Å². The van der Waals surface area contributed by atoms with Crippen LogP contribution < -0.4 is 0 Å². The first-order chi connectivity index (χ1) is 10.2. The van der Waals surface area contributed by atoms with Crippen molar-refractivity contribution in [3.05, 3.63) is 59.9 Å². The zero-order valence-corrected chi connectivity index (χ0v) is 13.6. The van der Waals surface area contributed by atoms with Crippen molar-refractivity contribution < 1.29 is 4.21 Å². The number of rotatable bonds is 2. The van der Waals surface area contributed by atoms with Gasteiger partial charge in [-0.3, -0.25) is 0 Å². The molecule has 1 unspecified atom stereocenters. The zero-order valence-electron chi connectivity index (χ0n) is 12.8. The van der Waals surface area contributed by atoms with Crippen molar-refractivity contribution in [2.75, 3.05) is 0 Å². The molecule has 0 bridgehead atoms. The molecule has 0 aliphatic heterocycles. The summed E-state index contributed by atoms with van der Waals surface area (Å²) in [6.45, 7) is 8.02. The summed E-state index contributed by atoms with van der Waals surface area (Å²) < 4.78 is 14.5. The van der Waals surface area contributed by atoms with E-state index in [9.17, 15) is 4.21 Å². The highest BCUT2D eigenvalue weighted by Crippen LogP contribution is 2.25. The Kier molecular flexibility index (Phi) is 4.91. The SMILES string of the molecule is CC.Cc1c(C)n(S(=O)c2ccccc2)c2ncccc12. The maximum atomic E-state index is 12.7. The van der Waals surface area contributed by atoms with E-state index in [4.69, 9.17) is 0 Å². The molecule has 3 nitrogen and oxygen atoms in total. The van der Waals surface area contributed by atoms with Gasteiger partial charge in [-0.15, -0.1) is 0 Å². The van der Waals surface area contributed by atoms with E-state index in [-0.39, 0.29) is 0 Å². The summed E-state index contributed by atoms with van der Waals surface area (Å²) in [6.07, 6.45) is 1.74. The molecular formula is C17H20N2OS. The third-order valence-electron chi connectivity index (χ3n) is 3.34. The van der Waals surface area contributed by atoms with Gasteiger partial charge in [-0.1, -0.05) is 32.0 Å². The second-order valence-electron chi connectivity index (χ2n) is 4.44. The van der Waals surface area contributed by atoms with Gasteiger partial charge in [0.1, 0.15) is 0 Å². The van der Waals surface area contributed by atoms with Gasteiger partial charge in [0.2, 0.25) is 0 Å². The average molecular weight is 300 g/mol. The van der Waals surface area contributed by atoms with Crippen molar-refractivity contribution in [2.45, 2.75) is 32.6 Å². The van der Waals surface area contributed by atoms with Crippen LogP contribution in [0, 0.1) is 13.8 Å². The van der Waals surface area contributed by atoms with Crippen molar-refractivity contribution >= 4 is 22.0 Å². The fraction of sp³-hybridized carbons (Fsp3) is 0.235. The van der Waals surface area contributed by atoms with Crippen LogP contribution in [0.25, 0.3) is 11.0 Å². The summed E-state index contributed by atoms with van der Waals surface area (Å²) in [6, 6.07) is 13.4. The molecule has 2 heterocycles. The van der Waals surface area contributed by atoms with Gasteiger partial charge >= 0.3 is 0 Å². The average Bonchev–Trinajstić information content (AvgIpc) is 2.81. The number of hydrogen-bond acceptors (Lipinski definition) is 2. The summed E-state index contributed by atoms with van der Waals surface area (Å²) in [5.74, 6) is 0. The predicted molar refractivity (Wildman–Crippen MR) is 88.8 cm³/mol. The van der Waals surface area contributed by atoms with Gasteiger partial charge in [0.05, 0.1) is 4.90 Å². The van der Waals surface area contributed by atoms with Crippen LogP contribution >= 0.6 is 0 Å². The minimum absolute atomic E-state index is 0.777. The predicted octanol–water partition coefficient (Wildman–Crippen LogP) is 4.25. The fourth-order valence-corrected chi connectivity index (χ4v) is 3.49. The normalized spacial score (nSPS) is 11.8. The van der Waals surface area contributed by atoms with E-state index < -0.39 is 11.0 Å². The topological polar surface area (TPSA) is 34.9 Å². The van der Waals surface area contributed by atoms with Crippen LogP contribution in [-0.4, -0.2) is 13.2 Å². The van der Waals surface area contributed by atoms with Crippen LogP contribution in [0.2, 0.25) is 0 Å². The summed E-state index contributed by atoms with van der Waals surface area (Å²) in [5.41, 5.74) is 2.91. The van der Waals surface area contributed by atoms with Crippen LogP contribution in [0.1, 0.15) is 25.1 Å². The number of fused-ring (bicyclic) bond motifs is 1. The highest BCUT2D eigenvalue weighted by molar-refractivity contribution is 7.83. The first-order valence-electron chi connectivity index (χ1n) is 7.10. The van der Waals surface area contributed by atoms with Crippen LogP contribution in [-0.2, 0) is 11.0 Å². The van der Waals surface area contributed by atoms with E-state index in [1.54, 1.807) is 10.2 Å². The molecule has 0 saturated carbocycles. The highest BCUT2D eigenvalue weighted by Gasteiger charge is 2.17. The van der Waals surface area contributed by atoms with Gasteiger partial charge < -0.3 is 0 Å². The van der Waals surface area contributed by atoms with Gasteiger partial charge in [0, 0.05) is 17.3 Å². The third kappa shape index (κ3) is 2.76. The monoisotopic (exact) mass is 300 g/mol. The van der Waals surface area contributed by atoms with Gasteiger partial charge in [-0.05, 0) is 43.7 Å². The molecule has 2 aromatic heterocycles. The Morgan fingerprint density at radius 2 is 1.67 bits per heavy atom. The summed E-state index contributed by atoms with van der Waals surface area (Å²) in [5, 5.41) is 1.06. The number of pyridine rings is 1. The largest absolute Gasteiger partial charge is 0.243 e. The first kappa shape index (κ1) is 15.4. The third-order valence-corrected chi connectivity index (χ3v) is 4.79. The molecule has 110 valence electrons. The molecule has 1 atom stereocenters. The smallest absolute Gasteiger partial charge is 0.158 e. The maximum absolute atomic E-state index is 12.7.